The summed E-state index contributed by atoms with van der Waals surface area (Å²) in [6, 6.07) is 7.94. The molecular weight excluding hydrogens is 330 g/mol. The van der Waals surface area contributed by atoms with Crippen molar-refractivity contribution in [3.8, 4) is 11.6 Å². The number of hydrogen-bond donors (Lipinski definition) is 2. The molecule has 25 heavy (non-hydrogen) atoms. The molecule has 0 aliphatic rings. The Balaban J connectivity index is 1.73. The van der Waals surface area contributed by atoms with Crippen LogP contribution >= 0.6 is 0 Å². The number of aromatic amines is 1. The predicted molar refractivity (Wildman–Crippen MR) is 85.2 cm³/mol. The number of benzene rings is 1. The number of pyridine rings is 1. The lowest BCUT2D eigenvalue weighted by Crippen LogP contribution is -2.23. The molecule has 3 aromatic rings. The van der Waals surface area contributed by atoms with Crippen molar-refractivity contribution < 1.29 is 18.3 Å². The fourth-order valence-electron chi connectivity index (χ4n) is 2.11. The summed E-state index contributed by atoms with van der Waals surface area (Å²) in [5, 5.41) is 9.23. The van der Waals surface area contributed by atoms with Gasteiger partial charge in [-0.25, -0.2) is 13.8 Å². The Kier molecular flexibility index (Phi) is 4.69. The van der Waals surface area contributed by atoms with E-state index < -0.39 is 11.6 Å². The van der Waals surface area contributed by atoms with Gasteiger partial charge in [0.2, 0.25) is 5.88 Å². The third kappa shape index (κ3) is 3.97. The minimum atomic E-state index is -0.840. The second kappa shape index (κ2) is 7.08. The van der Waals surface area contributed by atoms with Gasteiger partial charge < -0.3 is 10.1 Å². The van der Waals surface area contributed by atoms with Gasteiger partial charge in [0.15, 0.2) is 11.6 Å². The van der Waals surface area contributed by atoms with Crippen LogP contribution in [-0.4, -0.2) is 21.1 Å². The Hall–Kier alpha value is -3.29. The van der Waals surface area contributed by atoms with Gasteiger partial charge >= 0.3 is 0 Å². The molecule has 0 fully saturated rings. The fraction of sp³-hybridized carbons (Fsp3) is 0.118. The number of carbonyl (C=O) groups excluding carboxylic acids is 1. The van der Waals surface area contributed by atoms with Crippen LogP contribution in [0.15, 0.2) is 42.6 Å². The highest BCUT2D eigenvalue weighted by Crippen LogP contribution is 2.26. The van der Waals surface area contributed by atoms with E-state index in [9.17, 15) is 13.6 Å². The van der Waals surface area contributed by atoms with Crippen molar-refractivity contribution in [2.75, 3.05) is 0 Å². The van der Waals surface area contributed by atoms with Crippen LogP contribution in [0.1, 0.15) is 21.7 Å². The molecule has 1 amide bonds. The lowest BCUT2D eigenvalue weighted by molar-refractivity contribution is 0.0945. The summed E-state index contributed by atoms with van der Waals surface area (Å²) < 4.78 is 32.1. The third-order valence-corrected chi connectivity index (χ3v) is 3.33. The highest BCUT2D eigenvalue weighted by Gasteiger charge is 2.13. The number of carbonyl (C=O) groups is 1. The number of aromatic nitrogens is 3. The Bertz CT molecular complexity index is 911. The average molecular weight is 344 g/mol. The van der Waals surface area contributed by atoms with E-state index in [1.807, 2.05) is 0 Å². The van der Waals surface area contributed by atoms with Gasteiger partial charge in [-0.15, -0.1) is 0 Å². The van der Waals surface area contributed by atoms with E-state index in [0.717, 1.165) is 17.8 Å². The largest absolute Gasteiger partial charge is 0.436 e. The molecule has 0 saturated heterocycles. The monoisotopic (exact) mass is 344 g/mol. The van der Waals surface area contributed by atoms with E-state index in [1.54, 1.807) is 25.1 Å². The van der Waals surface area contributed by atoms with Crippen LogP contribution in [0, 0.1) is 18.6 Å². The SMILES string of the molecule is Cc1cc(C(=O)NCc2cccnc2Oc2ccc(F)cc2F)n[nH]1. The molecule has 0 spiro atoms. The molecule has 1 aromatic carbocycles. The summed E-state index contributed by atoms with van der Waals surface area (Å²) in [5.74, 6) is -1.95. The molecular formula is C17H14F2N4O2. The summed E-state index contributed by atoms with van der Waals surface area (Å²) in [6.45, 7) is 1.89. The fourth-order valence-corrected chi connectivity index (χ4v) is 2.11. The summed E-state index contributed by atoms with van der Waals surface area (Å²) in [7, 11) is 0. The predicted octanol–water partition coefficient (Wildman–Crippen LogP) is 3.11. The van der Waals surface area contributed by atoms with Crippen molar-refractivity contribution in [2.24, 2.45) is 0 Å². The van der Waals surface area contributed by atoms with Crippen molar-refractivity contribution in [2.45, 2.75) is 13.5 Å². The first-order valence-corrected chi connectivity index (χ1v) is 7.40. The second-order valence-electron chi connectivity index (χ2n) is 5.26. The molecule has 2 aromatic heterocycles. The molecule has 0 bridgehead atoms. The maximum atomic E-state index is 13.7. The van der Waals surface area contributed by atoms with Crippen molar-refractivity contribution in [3.63, 3.8) is 0 Å². The summed E-state index contributed by atoms with van der Waals surface area (Å²) >= 11 is 0. The topological polar surface area (TPSA) is 79.9 Å². The van der Waals surface area contributed by atoms with Gasteiger partial charge in [0.25, 0.3) is 5.91 Å². The molecule has 8 heteroatoms. The highest BCUT2D eigenvalue weighted by atomic mass is 19.1. The first-order chi connectivity index (χ1) is 12.0. The van der Waals surface area contributed by atoms with Crippen LogP contribution in [0.3, 0.4) is 0 Å². The minimum Gasteiger partial charge on any atom is -0.436 e. The molecule has 2 N–H and O–H groups in total. The van der Waals surface area contributed by atoms with Crippen LogP contribution in [0.4, 0.5) is 8.78 Å². The number of aryl methyl sites for hydroxylation is 1. The van der Waals surface area contributed by atoms with Gasteiger partial charge in [0.1, 0.15) is 11.5 Å². The smallest absolute Gasteiger partial charge is 0.272 e. The lowest BCUT2D eigenvalue weighted by atomic mass is 10.2. The van der Waals surface area contributed by atoms with E-state index in [2.05, 4.69) is 20.5 Å². The number of nitrogens with zero attached hydrogens (tertiary/aromatic N) is 2. The van der Waals surface area contributed by atoms with Crippen LogP contribution in [0.5, 0.6) is 11.6 Å². The third-order valence-electron chi connectivity index (χ3n) is 3.33. The van der Waals surface area contributed by atoms with Crippen LogP contribution < -0.4 is 10.1 Å². The van der Waals surface area contributed by atoms with E-state index >= 15 is 0 Å². The second-order valence-corrected chi connectivity index (χ2v) is 5.26. The molecule has 6 nitrogen and oxygen atoms in total. The van der Waals surface area contributed by atoms with E-state index in [0.29, 0.717) is 5.56 Å². The molecule has 0 atom stereocenters. The molecule has 0 radical (unpaired) electrons. The van der Waals surface area contributed by atoms with Gasteiger partial charge in [0, 0.05) is 30.1 Å². The molecule has 128 valence electrons. The molecule has 3 rings (SSSR count). The number of H-pyrrole nitrogens is 1. The summed E-state index contributed by atoms with van der Waals surface area (Å²) in [5.41, 5.74) is 1.56. The Morgan fingerprint density at radius 1 is 1.28 bits per heavy atom. The zero-order chi connectivity index (χ0) is 17.8. The lowest BCUT2D eigenvalue weighted by Gasteiger charge is -2.11. The number of hydrogen-bond acceptors (Lipinski definition) is 4. The highest BCUT2D eigenvalue weighted by molar-refractivity contribution is 5.92. The summed E-state index contributed by atoms with van der Waals surface area (Å²) in [4.78, 5) is 16.1. The number of amides is 1. The van der Waals surface area contributed by atoms with Gasteiger partial charge in [-0.2, -0.15) is 5.10 Å². The normalized spacial score (nSPS) is 10.5. The molecule has 2 heterocycles. The summed E-state index contributed by atoms with van der Waals surface area (Å²) in [6.07, 6.45) is 1.47. The van der Waals surface area contributed by atoms with Crippen LogP contribution in [0.2, 0.25) is 0 Å². The van der Waals surface area contributed by atoms with Crippen molar-refractivity contribution in [3.05, 3.63) is 71.2 Å². The molecule has 0 unspecified atom stereocenters. The van der Waals surface area contributed by atoms with E-state index in [1.165, 1.54) is 12.3 Å². The number of rotatable bonds is 5. The Morgan fingerprint density at radius 2 is 2.12 bits per heavy atom. The maximum absolute atomic E-state index is 13.7. The maximum Gasteiger partial charge on any atom is 0.272 e. The van der Waals surface area contributed by atoms with E-state index in [4.69, 9.17) is 4.74 Å². The van der Waals surface area contributed by atoms with Gasteiger partial charge in [-0.1, -0.05) is 6.07 Å². The molecule has 0 aliphatic carbocycles. The van der Waals surface area contributed by atoms with Crippen LogP contribution in [-0.2, 0) is 6.54 Å². The zero-order valence-electron chi connectivity index (χ0n) is 13.2. The first-order valence-electron chi connectivity index (χ1n) is 7.40. The minimum absolute atomic E-state index is 0.108. The van der Waals surface area contributed by atoms with Gasteiger partial charge in [0.05, 0.1) is 0 Å². The van der Waals surface area contributed by atoms with Crippen molar-refractivity contribution >= 4 is 5.91 Å². The first kappa shape index (κ1) is 16.6. The zero-order valence-corrected chi connectivity index (χ0v) is 13.2. The van der Waals surface area contributed by atoms with Gasteiger partial charge in [-0.05, 0) is 31.2 Å². The molecule has 0 aliphatic heterocycles. The van der Waals surface area contributed by atoms with Crippen molar-refractivity contribution in [1.29, 1.82) is 0 Å². The van der Waals surface area contributed by atoms with Gasteiger partial charge in [-0.3, -0.25) is 9.89 Å². The average Bonchev–Trinajstić information content (AvgIpc) is 3.03. The van der Waals surface area contributed by atoms with Crippen LogP contribution in [0.25, 0.3) is 0 Å². The number of halogens is 2. The van der Waals surface area contributed by atoms with Crippen molar-refractivity contribution in [1.82, 2.24) is 20.5 Å². The number of nitrogens with one attached hydrogen (secondary N) is 2. The Labute approximate surface area is 141 Å². The quantitative estimate of drug-likeness (QED) is 0.745. The standard InChI is InChI=1S/C17H14F2N4O2/c1-10-7-14(23-22-10)16(24)21-9-11-3-2-6-20-17(11)25-15-5-4-12(18)8-13(15)19/h2-8H,9H2,1H3,(H,21,24)(H,22,23). The Morgan fingerprint density at radius 3 is 2.84 bits per heavy atom. The van der Waals surface area contributed by atoms with E-state index in [-0.39, 0.29) is 29.8 Å². The molecule has 0 saturated carbocycles. The number of ether oxygens (including phenoxy) is 1.